The topological polar surface area (TPSA) is 52.6 Å². The Labute approximate surface area is 163 Å². The summed E-state index contributed by atoms with van der Waals surface area (Å²) in [5.41, 5.74) is 1.17. The molecule has 0 fully saturated rings. The van der Waals surface area contributed by atoms with Crippen LogP contribution >= 0.6 is 0 Å². The molecule has 0 N–H and O–H groups in total. The van der Waals surface area contributed by atoms with Crippen LogP contribution in [-0.4, -0.2) is 11.9 Å². The molecule has 140 valence electrons. The first kappa shape index (κ1) is 18.0. The van der Waals surface area contributed by atoms with Gasteiger partial charge < -0.3 is 9.47 Å². The quantitative estimate of drug-likeness (QED) is 0.450. The third-order valence-corrected chi connectivity index (χ3v) is 4.80. The van der Waals surface area contributed by atoms with Gasteiger partial charge in [-0.3, -0.25) is 0 Å². The van der Waals surface area contributed by atoms with E-state index in [2.05, 4.69) is 0 Å². The van der Waals surface area contributed by atoms with Gasteiger partial charge in [0.15, 0.2) is 0 Å². The van der Waals surface area contributed by atoms with Crippen LogP contribution in [-0.2, 0) is 4.79 Å². The summed E-state index contributed by atoms with van der Waals surface area (Å²) in [4.78, 5) is 25.1. The second kappa shape index (κ2) is 8.09. The van der Waals surface area contributed by atoms with E-state index in [1.54, 1.807) is 36.4 Å². The second-order valence-corrected chi connectivity index (χ2v) is 6.73. The molecule has 0 heterocycles. The Morgan fingerprint density at radius 3 is 2.04 bits per heavy atom. The third kappa shape index (κ3) is 3.81. The van der Waals surface area contributed by atoms with Gasteiger partial charge in [-0.25, -0.2) is 9.59 Å². The van der Waals surface area contributed by atoms with Crippen LogP contribution in [0.1, 0.15) is 36.0 Å². The van der Waals surface area contributed by atoms with E-state index in [1.807, 2.05) is 36.4 Å². The molecular weight excluding hydrogens is 352 g/mol. The molecule has 0 saturated heterocycles. The van der Waals surface area contributed by atoms with Crippen molar-refractivity contribution >= 4 is 22.7 Å². The standard InChI is InChI=1S/C24H20O4/c25-23(18-9-3-1-4-10-18)27-20-15-7-13-17-14-8-16-21(22(17)20)28-24(26)19-11-5-2-6-12-19/h1,3-4,7-11,13-16H,2,5-6,12H2. The molecule has 0 spiro atoms. The van der Waals surface area contributed by atoms with Crippen molar-refractivity contribution in [1.82, 2.24) is 0 Å². The van der Waals surface area contributed by atoms with Crippen molar-refractivity contribution < 1.29 is 19.1 Å². The van der Waals surface area contributed by atoms with Crippen LogP contribution in [0.15, 0.2) is 78.4 Å². The Bertz CT molecular complexity index is 1050. The van der Waals surface area contributed by atoms with Gasteiger partial charge in [0.2, 0.25) is 0 Å². The van der Waals surface area contributed by atoms with Crippen molar-refractivity contribution in [3.63, 3.8) is 0 Å². The van der Waals surface area contributed by atoms with E-state index in [0.29, 0.717) is 28.0 Å². The maximum atomic E-state index is 12.6. The maximum absolute atomic E-state index is 12.6. The average Bonchev–Trinajstić information content (AvgIpc) is 2.75. The van der Waals surface area contributed by atoms with Gasteiger partial charge in [0.1, 0.15) is 11.5 Å². The number of hydrogen-bond donors (Lipinski definition) is 0. The molecule has 0 aliphatic heterocycles. The first-order valence-electron chi connectivity index (χ1n) is 9.42. The van der Waals surface area contributed by atoms with E-state index in [-0.39, 0.29) is 5.97 Å². The third-order valence-electron chi connectivity index (χ3n) is 4.80. The summed E-state index contributed by atoms with van der Waals surface area (Å²) < 4.78 is 11.3. The molecule has 4 nitrogen and oxygen atoms in total. The number of fused-ring (bicyclic) bond motifs is 1. The number of esters is 2. The first-order chi connectivity index (χ1) is 13.7. The lowest BCUT2D eigenvalue weighted by molar-refractivity contribution is -0.130. The van der Waals surface area contributed by atoms with E-state index in [9.17, 15) is 9.59 Å². The highest BCUT2D eigenvalue weighted by Crippen LogP contribution is 2.35. The molecule has 4 rings (SSSR count). The molecule has 0 saturated carbocycles. The van der Waals surface area contributed by atoms with Crippen LogP contribution in [0.2, 0.25) is 0 Å². The Hall–Kier alpha value is -3.40. The fourth-order valence-electron chi connectivity index (χ4n) is 3.37. The number of allylic oxidation sites excluding steroid dienone is 1. The molecule has 1 aliphatic rings. The lowest BCUT2D eigenvalue weighted by Crippen LogP contribution is -2.14. The minimum Gasteiger partial charge on any atom is -0.422 e. The van der Waals surface area contributed by atoms with E-state index < -0.39 is 5.97 Å². The molecule has 4 heteroatoms. The molecular formula is C24H20O4. The largest absolute Gasteiger partial charge is 0.422 e. The van der Waals surface area contributed by atoms with Gasteiger partial charge in [-0.05, 0) is 55.3 Å². The Morgan fingerprint density at radius 2 is 1.39 bits per heavy atom. The minimum absolute atomic E-state index is 0.337. The van der Waals surface area contributed by atoms with Crippen LogP contribution < -0.4 is 9.47 Å². The van der Waals surface area contributed by atoms with E-state index >= 15 is 0 Å². The summed E-state index contributed by atoms with van der Waals surface area (Å²) in [6.45, 7) is 0. The van der Waals surface area contributed by atoms with Gasteiger partial charge in [0.05, 0.1) is 10.9 Å². The fourth-order valence-corrected chi connectivity index (χ4v) is 3.37. The zero-order valence-corrected chi connectivity index (χ0v) is 15.4. The summed E-state index contributed by atoms with van der Waals surface area (Å²) in [6.07, 6.45) is 5.69. The van der Waals surface area contributed by atoms with Gasteiger partial charge in [-0.2, -0.15) is 0 Å². The monoisotopic (exact) mass is 372 g/mol. The van der Waals surface area contributed by atoms with Crippen LogP contribution in [0.5, 0.6) is 11.5 Å². The highest BCUT2D eigenvalue weighted by Gasteiger charge is 2.18. The van der Waals surface area contributed by atoms with Crippen molar-refractivity contribution in [1.29, 1.82) is 0 Å². The lowest BCUT2D eigenvalue weighted by atomic mass is 10.00. The molecule has 0 aromatic heterocycles. The molecule has 3 aromatic carbocycles. The van der Waals surface area contributed by atoms with E-state index in [4.69, 9.17) is 9.47 Å². The zero-order chi connectivity index (χ0) is 19.3. The second-order valence-electron chi connectivity index (χ2n) is 6.73. The molecule has 0 bridgehead atoms. The Balaban J connectivity index is 1.67. The molecule has 28 heavy (non-hydrogen) atoms. The zero-order valence-electron chi connectivity index (χ0n) is 15.4. The fraction of sp³-hybridized carbons (Fsp3) is 0.167. The maximum Gasteiger partial charge on any atom is 0.343 e. The predicted molar refractivity (Wildman–Crippen MR) is 108 cm³/mol. The molecule has 0 amide bonds. The van der Waals surface area contributed by atoms with Crippen LogP contribution in [0.3, 0.4) is 0 Å². The molecule has 0 unspecified atom stereocenters. The van der Waals surface area contributed by atoms with Gasteiger partial charge in [-0.15, -0.1) is 0 Å². The van der Waals surface area contributed by atoms with E-state index in [0.717, 1.165) is 31.1 Å². The van der Waals surface area contributed by atoms with Crippen LogP contribution in [0.4, 0.5) is 0 Å². The van der Waals surface area contributed by atoms with E-state index in [1.165, 1.54) is 0 Å². The number of carbonyl (C=O) groups excluding carboxylic acids is 2. The number of ether oxygens (including phenoxy) is 2. The van der Waals surface area contributed by atoms with Gasteiger partial charge >= 0.3 is 11.9 Å². The molecule has 1 aliphatic carbocycles. The Kier molecular flexibility index (Phi) is 5.20. The number of benzene rings is 3. The van der Waals surface area contributed by atoms with Gasteiger partial charge in [0.25, 0.3) is 0 Å². The van der Waals surface area contributed by atoms with Crippen LogP contribution in [0, 0.1) is 0 Å². The minimum atomic E-state index is -0.454. The molecule has 0 atom stereocenters. The smallest absolute Gasteiger partial charge is 0.343 e. The summed E-state index contributed by atoms with van der Waals surface area (Å²) in [5.74, 6) is -0.0292. The van der Waals surface area contributed by atoms with Crippen LogP contribution in [0.25, 0.3) is 10.8 Å². The summed E-state index contributed by atoms with van der Waals surface area (Å²) >= 11 is 0. The van der Waals surface area contributed by atoms with Crippen molar-refractivity contribution in [2.45, 2.75) is 25.7 Å². The Morgan fingerprint density at radius 1 is 0.714 bits per heavy atom. The van der Waals surface area contributed by atoms with Crippen molar-refractivity contribution in [3.8, 4) is 11.5 Å². The lowest BCUT2D eigenvalue weighted by Gasteiger charge is -2.14. The van der Waals surface area contributed by atoms with Gasteiger partial charge in [-0.1, -0.05) is 48.5 Å². The van der Waals surface area contributed by atoms with Gasteiger partial charge in [0, 0.05) is 5.57 Å². The number of rotatable bonds is 4. The number of carbonyl (C=O) groups is 2. The van der Waals surface area contributed by atoms with Crippen molar-refractivity contribution in [2.75, 3.05) is 0 Å². The average molecular weight is 372 g/mol. The molecule has 0 radical (unpaired) electrons. The van der Waals surface area contributed by atoms with Crippen molar-refractivity contribution in [3.05, 3.63) is 83.9 Å². The molecule has 3 aromatic rings. The summed E-state index contributed by atoms with van der Waals surface area (Å²) in [6, 6.07) is 19.7. The highest BCUT2D eigenvalue weighted by molar-refractivity contribution is 6.00. The number of hydrogen-bond acceptors (Lipinski definition) is 4. The first-order valence-corrected chi connectivity index (χ1v) is 9.42. The predicted octanol–water partition coefficient (Wildman–Crippen LogP) is 5.46. The SMILES string of the molecule is O=C(Oc1cccc2cccc(OC(=O)c3ccccc3)c12)C1=CCCCC1. The highest BCUT2D eigenvalue weighted by atomic mass is 16.5. The normalized spacial score (nSPS) is 13.6. The van der Waals surface area contributed by atoms with Crippen molar-refractivity contribution in [2.24, 2.45) is 0 Å². The summed E-state index contributed by atoms with van der Waals surface area (Å²) in [7, 11) is 0. The summed E-state index contributed by atoms with van der Waals surface area (Å²) in [5, 5.41) is 1.44.